The minimum Gasteiger partial charge on any atom is -0.494 e. The zero-order valence-corrected chi connectivity index (χ0v) is 11.4. The van der Waals surface area contributed by atoms with Crippen LogP contribution in [-0.2, 0) is 0 Å². The van der Waals surface area contributed by atoms with Crippen LogP contribution in [0.25, 0.3) is 0 Å². The van der Waals surface area contributed by atoms with Crippen molar-refractivity contribution in [2.45, 2.75) is 27.2 Å². The molecule has 0 bridgehead atoms. The number of hydrogen-bond donors (Lipinski definition) is 1. The summed E-state index contributed by atoms with van der Waals surface area (Å²) in [7, 11) is 2.09. The van der Waals surface area contributed by atoms with Gasteiger partial charge in [0.05, 0.1) is 6.61 Å². The Morgan fingerprint density at radius 3 is 2.59 bits per heavy atom. The third kappa shape index (κ3) is 4.17. The molecule has 96 valence electrons. The predicted octanol–water partition coefficient (Wildman–Crippen LogP) is 3.15. The Hall–Kier alpha value is -1.38. The number of hydrogen-bond acceptors (Lipinski definition) is 3. The Labute approximate surface area is 105 Å². The van der Waals surface area contributed by atoms with Gasteiger partial charge in [0.1, 0.15) is 5.75 Å². The van der Waals surface area contributed by atoms with Gasteiger partial charge in [-0.3, -0.25) is 0 Å². The molecule has 0 aromatic heterocycles. The molecule has 1 aromatic rings. The monoisotopic (exact) mass is 236 g/mol. The van der Waals surface area contributed by atoms with Crippen molar-refractivity contribution in [3.05, 3.63) is 18.2 Å². The van der Waals surface area contributed by atoms with Crippen LogP contribution in [0.2, 0.25) is 0 Å². The van der Waals surface area contributed by atoms with Gasteiger partial charge in [-0.05, 0) is 18.9 Å². The summed E-state index contributed by atoms with van der Waals surface area (Å²) in [6.45, 7) is 8.14. The van der Waals surface area contributed by atoms with Gasteiger partial charge in [0.25, 0.3) is 0 Å². The van der Waals surface area contributed by atoms with E-state index in [2.05, 4.69) is 25.8 Å². The Morgan fingerprint density at radius 1 is 1.29 bits per heavy atom. The second kappa shape index (κ2) is 6.38. The van der Waals surface area contributed by atoms with E-state index in [0.717, 1.165) is 23.7 Å². The predicted molar refractivity (Wildman–Crippen MR) is 74.7 cm³/mol. The number of nitrogens with two attached hydrogens (primary N) is 1. The molecule has 3 nitrogen and oxygen atoms in total. The molecule has 0 spiro atoms. The fourth-order valence-electron chi connectivity index (χ4n) is 1.78. The van der Waals surface area contributed by atoms with E-state index in [1.807, 2.05) is 25.1 Å². The highest BCUT2D eigenvalue weighted by atomic mass is 16.5. The van der Waals surface area contributed by atoms with Crippen LogP contribution in [0.5, 0.6) is 5.75 Å². The second-order valence-corrected chi connectivity index (χ2v) is 4.59. The van der Waals surface area contributed by atoms with Gasteiger partial charge in [-0.1, -0.05) is 20.3 Å². The lowest BCUT2D eigenvalue weighted by Gasteiger charge is -2.23. The average molecular weight is 236 g/mol. The first-order valence-electron chi connectivity index (χ1n) is 6.31. The van der Waals surface area contributed by atoms with Gasteiger partial charge in [-0.25, -0.2) is 0 Å². The zero-order valence-electron chi connectivity index (χ0n) is 11.4. The molecule has 0 saturated heterocycles. The van der Waals surface area contributed by atoms with Crippen LogP contribution in [0.1, 0.15) is 27.2 Å². The van der Waals surface area contributed by atoms with Crippen molar-refractivity contribution < 1.29 is 4.74 Å². The molecule has 0 amide bonds. The molecule has 0 saturated carbocycles. The van der Waals surface area contributed by atoms with E-state index >= 15 is 0 Å². The van der Waals surface area contributed by atoms with E-state index in [1.54, 1.807) is 0 Å². The molecule has 3 heteroatoms. The molecular formula is C14H24N2O. The molecule has 1 unspecified atom stereocenters. The van der Waals surface area contributed by atoms with Crippen LogP contribution in [0, 0.1) is 5.92 Å². The highest BCUT2D eigenvalue weighted by Gasteiger charge is 2.07. The SMILES string of the molecule is CCOc1cc(N)cc(N(C)CC(C)CC)c1. The van der Waals surface area contributed by atoms with Crippen molar-refractivity contribution >= 4 is 11.4 Å². The molecule has 0 heterocycles. The summed E-state index contributed by atoms with van der Waals surface area (Å²) in [5.74, 6) is 1.52. The van der Waals surface area contributed by atoms with Crippen molar-refractivity contribution in [2.24, 2.45) is 5.92 Å². The van der Waals surface area contributed by atoms with E-state index in [1.165, 1.54) is 6.42 Å². The molecule has 2 N–H and O–H groups in total. The lowest BCUT2D eigenvalue weighted by molar-refractivity contribution is 0.340. The van der Waals surface area contributed by atoms with Gasteiger partial charge in [0, 0.05) is 37.1 Å². The number of ether oxygens (including phenoxy) is 1. The molecule has 0 fully saturated rings. The topological polar surface area (TPSA) is 38.5 Å². The van der Waals surface area contributed by atoms with E-state index in [9.17, 15) is 0 Å². The minimum absolute atomic E-state index is 0.665. The lowest BCUT2D eigenvalue weighted by Crippen LogP contribution is -2.23. The molecule has 17 heavy (non-hydrogen) atoms. The fraction of sp³-hybridized carbons (Fsp3) is 0.571. The van der Waals surface area contributed by atoms with Crippen LogP contribution < -0.4 is 15.4 Å². The van der Waals surface area contributed by atoms with E-state index in [0.29, 0.717) is 12.5 Å². The van der Waals surface area contributed by atoms with Gasteiger partial charge in [0.15, 0.2) is 0 Å². The smallest absolute Gasteiger partial charge is 0.123 e. The van der Waals surface area contributed by atoms with E-state index in [-0.39, 0.29) is 0 Å². The highest BCUT2D eigenvalue weighted by Crippen LogP contribution is 2.25. The maximum Gasteiger partial charge on any atom is 0.123 e. The third-order valence-corrected chi connectivity index (χ3v) is 2.95. The van der Waals surface area contributed by atoms with Gasteiger partial charge in [-0.15, -0.1) is 0 Å². The van der Waals surface area contributed by atoms with Gasteiger partial charge in [-0.2, -0.15) is 0 Å². The standard InChI is InChI=1S/C14H24N2O/c1-5-11(3)10-16(4)13-7-12(15)8-14(9-13)17-6-2/h7-9,11H,5-6,10,15H2,1-4H3. The van der Waals surface area contributed by atoms with E-state index < -0.39 is 0 Å². The summed E-state index contributed by atoms with van der Waals surface area (Å²) in [6, 6.07) is 5.90. The maximum absolute atomic E-state index is 5.88. The maximum atomic E-state index is 5.88. The van der Waals surface area contributed by atoms with Crippen LogP contribution in [0.3, 0.4) is 0 Å². The highest BCUT2D eigenvalue weighted by molar-refractivity contribution is 5.60. The fourth-order valence-corrected chi connectivity index (χ4v) is 1.78. The summed E-state index contributed by atoms with van der Waals surface area (Å²) >= 11 is 0. The molecule has 1 rings (SSSR count). The molecule has 1 aromatic carbocycles. The Balaban J connectivity index is 2.81. The summed E-state index contributed by atoms with van der Waals surface area (Å²) in [4.78, 5) is 2.23. The zero-order chi connectivity index (χ0) is 12.8. The Kier molecular flexibility index (Phi) is 5.13. The number of benzene rings is 1. The van der Waals surface area contributed by atoms with Gasteiger partial charge < -0.3 is 15.4 Å². The number of nitrogens with zero attached hydrogens (tertiary/aromatic N) is 1. The van der Waals surface area contributed by atoms with Crippen LogP contribution in [0.15, 0.2) is 18.2 Å². The van der Waals surface area contributed by atoms with Crippen LogP contribution >= 0.6 is 0 Å². The molecule has 0 aliphatic heterocycles. The van der Waals surface area contributed by atoms with Crippen molar-refractivity contribution in [3.8, 4) is 5.75 Å². The Morgan fingerprint density at radius 2 is 2.00 bits per heavy atom. The third-order valence-electron chi connectivity index (χ3n) is 2.95. The quantitative estimate of drug-likeness (QED) is 0.771. The van der Waals surface area contributed by atoms with Crippen molar-refractivity contribution in [2.75, 3.05) is 30.8 Å². The van der Waals surface area contributed by atoms with E-state index in [4.69, 9.17) is 10.5 Å². The average Bonchev–Trinajstić information content (AvgIpc) is 2.28. The summed E-state index contributed by atoms with van der Waals surface area (Å²) in [5, 5.41) is 0. The summed E-state index contributed by atoms with van der Waals surface area (Å²) < 4.78 is 5.50. The van der Waals surface area contributed by atoms with Gasteiger partial charge >= 0.3 is 0 Å². The normalized spacial score (nSPS) is 12.2. The molecule has 0 aliphatic carbocycles. The first-order chi connectivity index (χ1) is 8.06. The second-order valence-electron chi connectivity index (χ2n) is 4.59. The Bertz CT molecular complexity index is 352. The van der Waals surface area contributed by atoms with Crippen LogP contribution in [-0.4, -0.2) is 20.2 Å². The summed E-state index contributed by atoms with van der Waals surface area (Å²) in [6.07, 6.45) is 1.19. The first-order valence-corrected chi connectivity index (χ1v) is 6.31. The number of nitrogen functional groups attached to an aromatic ring is 1. The first kappa shape index (κ1) is 13.7. The molecule has 0 radical (unpaired) electrons. The van der Waals surface area contributed by atoms with Gasteiger partial charge in [0.2, 0.25) is 0 Å². The minimum atomic E-state index is 0.665. The molecule has 0 aliphatic rings. The van der Waals surface area contributed by atoms with Crippen molar-refractivity contribution in [1.82, 2.24) is 0 Å². The molecular weight excluding hydrogens is 212 g/mol. The van der Waals surface area contributed by atoms with Crippen molar-refractivity contribution in [3.63, 3.8) is 0 Å². The van der Waals surface area contributed by atoms with Crippen LogP contribution in [0.4, 0.5) is 11.4 Å². The number of rotatable bonds is 6. The number of anilines is 2. The molecule has 1 atom stereocenters. The lowest BCUT2D eigenvalue weighted by atomic mass is 10.1. The largest absolute Gasteiger partial charge is 0.494 e. The summed E-state index contributed by atoms with van der Waals surface area (Å²) in [5.41, 5.74) is 7.76. The van der Waals surface area contributed by atoms with Crippen molar-refractivity contribution in [1.29, 1.82) is 0 Å².